The molecule has 0 unspecified atom stereocenters. The Hall–Kier alpha value is -0.780. The summed E-state index contributed by atoms with van der Waals surface area (Å²) in [4.78, 5) is 0. The Kier molecular flexibility index (Phi) is 5.05. The van der Waals surface area contributed by atoms with E-state index >= 15 is 0 Å². The van der Waals surface area contributed by atoms with Crippen molar-refractivity contribution >= 4 is 27.3 Å². The molecule has 0 aromatic heterocycles. The van der Waals surface area contributed by atoms with Gasteiger partial charge in [-0.3, -0.25) is 4.72 Å². The highest BCUT2D eigenvalue weighted by atomic mass is 35.5. The van der Waals surface area contributed by atoms with Crippen LogP contribution in [0.4, 0.5) is 5.69 Å². The van der Waals surface area contributed by atoms with Crippen LogP contribution in [-0.4, -0.2) is 20.7 Å². The molecule has 0 amide bonds. The van der Waals surface area contributed by atoms with Crippen molar-refractivity contribution in [3.05, 3.63) is 29.3 Å². The molecule has 16 heavy (non-hydrogen) atoms. The zero-order valence-electron chi connectivity index (χ0n) is 8.82. The van der Waals surface area contributed by atoms with Gasteiger partial charge in [-0.05, 0) is 43.7 Å². The molecule has 0 atom stereocenters. The second-order valence-electron chi connectivity index (χ2n) is 3.42. The fraction of sp³-hybridized carbons (Fsp3) is 0.400. The molecular weight excluding hydrogens is 248 g/mol. The average Bonchev–Trinajstić information content (AvgIpc) is 2.21. The van der Waals surface area contributed by atoms with Crippen LogP contribution in [0.2, 0.25) is 5.02 Å². The number of benzene rings is 1. The Morgan fingerprint density at radius 1 is 1.19 bits per heavy atom. The Morgan fingerprint density at radius 3 is 2.38 bits per heavy atom. The number of nitrogens with two attached hydrogens (primary N) is 1. The molecule has 0 heterocycles. The monoisotopic (exact) mass is 262 g/mol. The van der Waals surface area contributed by atoms with E-state index in [9.17, 15) is 8.42 Å². The second kappa shape index (κ2) is 6.08. The number of sulfonamides is 1. The van der Waals surface area contributed by atoms with Crippen molar-refractivity contribution in [2.24, 2.45) is 5.73 Å². The quantitative estimate of drug-likeness (QED) is 0.768. The molecule has 90 valence electrons. The molecule has 1 aromatic rings. The summed E-state index contributed by atoms with van der Waals surface area (Å²) < 4.78 is 25.6. The molecule has 0 saturated carbocycles. The summed E-state index contributed by atoms with van der Waals surface area (Å²) in [5, 5.41) is 0.575. The molecule has 1 rings (SSSR count). The van der Waals surface area contributed by atoms with Gasteiger partial charge in [-0.25, -0.2) is 8.42 Å². The zero-order valence-corrected chi connectivity index (χ0v) is 10.4. The van der Waals surface area contributed by atoms with Crippen LogP contribution in [0.5, 0.6) is 0 Å². The van der Waals surface area contributed by atoms with Gasteiger partial charge in [0.15, 0.2) is 0 Å². The van der Waals surface area contributed by atoms with Crippen molar-refractivity contribution in [1.29, 1.82) is 0 Å². The number of hydrogen-bond acceptors (Lipinski definition) is 3. The van der Waals surface area contributed by atoms with Crippen LogP contribution in [0.25, 0.3) is 0 Å². The van der Waals surface area contributed by atoms with Crippen molar-refractivity contribution in [3.63, 3.8) is 0 Å². The van der Waals surface area contributed by atoms with Gasteiger partial charge >= 0.3 is 0 Å². The smallest absolute Gasteiger partial charge is 0.232 e. The van der Waals surface area contributed by atoms with Gasteiger partial charge in [0.25, 0.3) is 0 Å². The van der Waals surface area contributed by atoms with Crippen LogP contribution in [0.1, 0.15) is 12.8 Å². The Labute approximate surface area is 101 Å². The zero-order chi connectivity index (χ0) is 12.0. The number of nitrogens with one attached hydrogen (secondary N) is 1. The van der Waals surface area contributed by atoms with E-state index < -0.39 is 10.0 Å². The van der Waals surface area contributed by atoms with Crippen molar-refractivity contribution in [3.8, 4) is 0 Å². The predicted molar refractivity (Wildman–Crippen MR) is 67.1 cm³/mol. The van der Waals surface area contributed by atoms with E-state index in [1.807, 2.05) is 0 Å². The minimum absolute atomic E-state index is 0.0901. The van der Waals surface area contributed by atoms with E-state index in [2.05, 4.69) is 4.72 Å². The van der Waals surface area contributed by atoms with Gasteiger partial charge in [-0.1, -0.05) is 11.6 Å². The second-order valence-corrected chi connectivity index (χ2v) is 5.70. The number of unbranched alkanes of at least 4 members (excludes halogenated alkanes) is 1. The van der Waals surface area contributed by atoms with Gasteiger partial charge in [-0.2, -0.15) is 0 Å². The largest absolute Gasteiger partial charge is 0.330 e. The predicted octanol–water partition coefficient (Wildman–Crippen LogP) is 1.82. The van der Waals surface area contributed by atoms with E-state index in [0.29, 0.717) is 30.1 Å². The highest BCUT2D eigenvalue weighted by Gasteiger charge is 2.09. The minimum atomic E-state index is -3.27. The third-order valence-corrected chi connectivity index (χ3v) is 3.61. The van der Waals surface area contributed by atoms with E-state index in [1.54, 1.807) is 24.3 Å². The molecule has 6 heteroatoms. The third-order valence-electron chi connectivity index (χ3n) is 1.98. The van der Waals surface area contributed by atoms with Gasteiger partial charge in [-0.15, -0.1) is 0 Å². The van der Waals surface area contributed by atoms with Crippen molar-refractivity contribution in [2.45, 2.75) is 12.8 Å². The Morgan fingerprint density at radius 2 is 1.81 bits per heavy atom. The summed E-state index contributed by atoms with van der Waals surface area (Å²) in [5.41, 5.74) is 5.82. The number of rotatable bonds is 6. The lowest BCUT2D eigenvalue weighted by Gasteiger charge is -2.07. The summed E-state index contributed by atoms with van der Waals surface area (Å²) in [5.74, 6) is 0.0901. The number of anilines is 1. The molecular formula is C10H15ClN2O2S. The highest BCUT2D eigenvalue weighted by Crippen LogP contribution is 2.14. The highest BCUT2D eigenvalue weighted by molar-refractivity contribution is 7.92. The molecule has 0 aliphatic rings. The molecule has 0 saturated heterocycles. The maximum atomic E-state index is 11.6. The van der Waals surface area contributed by atoms with Crippen molar-refractivity contribution in [1.82, 2.24) is 0 Å². The maximum Gasteiger partial charge on any atom is 0.232 e. The molecule has 4 nitrogen and oxygen atoms in total. The fourth-order valence-electron chi connectivity index (χ4n) is 1.18. The first-order valence-corrected chi connectivity index (χ1v) is 7.02. The van der Waals surface area contributed by atoms with Gasteiger partial charge in [0.1, 0.15) is 0 Å². The van der Waals surface area contributed by atoms with Gasteiger partial charge < -0.3 is 5.73 Å². The number of halogens is 1. The van der Waals surface area contributed by atoms with Crippen molar-refractivity contribution in [2.75, 3.05) is 17.0 Å². The van der Waals surface area contributed by atoms with Crippen LogP contribution < -0.4 is 10.5 Å². The third kappa shape index (κ3) is 4.83. The van der Waals surface area contributed by atoms with Crippen LogP contribution in [-0.2, 0) is 10.0 Å². The molecule has 0 spiro atoms. The van der Waals surface area contributed by atoms with E-state index in [0.717, 1.165) is 0 Å². The Bertz CT molecular complexity index is 417. The van der Waals surface area contributed by atoms with E-state index in [1.165, 1.54) is 0 Å². The molecule has 3 N–H and O–H groups in total. The molecule has 0 bridgehead atoms. The fourth-order valence-corrected chi connectivity index (χ4v) is 2.49. The molecule has 0 radical (unpaired) electrons. The lowest BCUT2D eigenvalue weighted by Crippen LogP contribution is -2.17. The van der Waals surface area contributed by atoms with E-state index in [-0.39, 0.29) is 5.75 Å². The summed E-state index contributed by atoms with van der Waals surface area (Å²) in [7, 11) is -3.27. The summed E-state index contributed by atoms with van der Waals surface area (Å²) >= 11 is 5.69. The van der Waals surface area contributed by atoms with E-state index in [4.69, 9.17) is 17.3 Å². The Balaban J connectivity index is 2.55. The minimum Gasteiger partial charge on any atom is -0.330 e. The number of hydrogen-bond donors (Lipinski definition) is 2. The van der Waals surface area contributed by atoms with Crippen LogP contribution >= 0.6 is 11.6 Å². The van der Waals surface area contributed by atoms with Gasteiger partial charge in [0.2, 0.25) is 10.0 Å². The lowest BCUT2D eigenvalue weighted by atomic mass is 10.3. The molecule has 0 aliphatic carbocycles. The van der Waals surface area contributed by atoms with Crippen LogP contribution in [0.15, 0.2) is 24.3 Å². The topological polar surface area (TPSA) is 72.2 Å². The maximum absolute atomic E-state index is 11.6. The summed E-state index contributed by atoms with van der Waals surface area (Å²) in [6, 6.07) is 6.53. The summed E-state index contributed by atoms with van der Waals surface area (Å²) in [6.45, 7) is 0.510. The van der Waals surface area contributed by atoms with Crippen molar-refractivity contribution < 1.29 is 8.42 Å². The first-order valence-electron chi connectivity index (χ1n) is 4.99. The lowest BCUT2D eigenvalue weighted by molar-refractivity contribution is 0.597. The SMILES string of the molecule is NCCCCS(=O)(=O)Nc1ccc(Cl)cc1. The molecule has 0 fully saturated rings. The van der Waals surface area contributed by atoms with Crippen LogP contribution in [0, 0.1) is 0 Å². The molecule has 0 aliphatic heterocycles. The first-order chi connectivity index (χ1) is 7.53. The van der Waals surface area contributed by atoms with Crippen LogP contribution in [0.3, 0.4) is 0 Å². The molecule has 1 aromatic carbocycles. The summed E-state index contributed by atoms with van der Waals surface area (Å²) in [6.07, 6.45) is 1.28. The average molecular weight is 263 g/mol. The normalized spacial score (nSPS) is 11.4. The first kappa shape index (κ1) is 13.3. The standard InChI is InChI=1S/C10H15ClN2O2S/c11-9-3-5-10(6-4-9)13-16(14,15)8-2-1-7-12/h3-6,13H,1-2,7-8,12H2. The van der Waals surface area contributed by atoms with Gasteiger partial charge in [0, 0.05) is 10.7 Å². The van der Waals surface area contributed by atoms with Gasteiger partial charge in [0.05, 0.1) is 5.75 Å².